The third-order valence-electron chi connectivity index (χ3n) is 6.19. The van der Waals surface area contributed by atoms with E-state index in [1.54, 1.807) is 24.1 Å². The zero-order valence-corrected chi connectivity index (χ0v) is 21.3. The van der Waals surface area contributed by atoms with Crippen molar-refractivity contribution in [2.24, 2.45) is 4.99 Å². The van der Waals surface area contributed by atoms with Crippen molar-refractivity contribution in [3.05, 3.63) is 90.0 Å². The number of amidine groups is 1. The summed E-state index contributed by atoms with van der Waals surface area (Å²) in [6, 6.07) is 24.9. The number of amides is 1. The van der Waals surface area contributed by atoms with E-state index in [4.69, 9.17) is 0 Å². The first-order valence-corrected chi connectivity index (χ1v) is 13.8. The normalized spacial score (nSPS) is 13.2. The van der Waals surface area contributed by atoms with Crippen LogP contribution < -0.4 is 10.6 Å². The van der Waals surface area contributed by atoms with Crippen molar-refractivity contribution in [1.82, 2.24) is 15.5 Å². The SMILES string of the molecule is CN(CCc1ccc(C2=NCCN2)cc1)C(=O)CCNCS(=O)(=O)c1ccc(-c2ccccc2)cc1. The zero-order valence-electron chi connectivity index (χ0n) is 20.5. The van der Waals surface area contributed by atoms with Gasteiger partial charge in [0.15, 0.2) is 9.84 Å². The van der Waals surface area contributed by atoms with Gasteiger partial charge in [-0.2, -0.15) is 0 Å². The molecule has 3 aromatic carbocycles. The van der Waals surface area contributed by atoms with Crippen LogP contribution in [0.2, 0.25) is 0 Å². The van der Waals surface area contributed by atoms with Crippen molar-refractivity contribution in [3.8, 4) is 11.1 Å². The molecule has 3 aromatic rings. The minimum absolute atomic E-state index is 0.0201. The van der Waals surface area contributed by atoms with E-state index < -0.39 is 9.84 Å². The molecule has 1 aliphatic heterocycles. The van der Waals surface area contributed by atoms with Crippen LogP contribution in [-0.2, 0) is 21.1 Å². The summed E-state index contributed by atoms with van der Waals surface area (Å²) in [5, 5.41) is 6.17. The van der Waals surface area contributed by atoms with Crippen LogP contribution in [0.1, 0.15) is 17.5 Å². The van der Waals surface area contributed by atoms with Gasteiger partial charge < -0.3 is 15.5 Å². The van der Waals surface area contributed by atoms with E-state index in [2.05, 4.69) is 27.8 Å². The molecule has 0 atom stereocenters. The Morgan fingerprint density at radius 3 is 2.28 bits per heavy atom. The molecule has 188 valence electrons. The van der Waals surface area contributed by atoms with E-state index in [1.165, 1.54) is 0 Å². The van der Waals surface area contributed by atoms with Crippen molar-refractivity contribution < 1.29 is 13.2 Å². The molecular formula is C28H32N4O3S. The van der Waals surface area contributed by atoms with Crippen LogP contribution in [0, 0.1) is 0 Å². The van der Waals surface area contributed by atoms with Gasteiger partial charge in [0.1, 0.15) is 11.7 Å². The van der Waals surface area contributed by atoms with Gasteiger partial charge in [-0.25, -0.2) is 8.42 Å². The van der Waals surface area contributed by atoms with E-state index in [0.717, 1.165) is 47.6 Å². The molecule has 0 saturated carbocycles. The van der Waals surface area contributed by atoms with Crippen molar-refractivity contribution in [2.45, 2.75) is 17.7 Å². The van der Waals surface area contributed by atoms with Gasteiger partial charge >= 0.3 is 0 Å². The van der Waals surface area contributed by atoms with Gasteiger partial charge in [-0.3, -0.25) is 9.79 Å². The number of benzene rings is 3. The summed E-state index contributed by atoms with van der Waals surface area (Å²) < 4.78 is 25.3. The fraction of sp³-hybridized carbons (Fsp3) is 0.286. The number of sulfone groups is 1. The number of likely N-dealkylation sites (N-methyl/N-ethyl adjacent to an activating group) is 1. The summed E-state index contributed by atoms with van der Waals surface area (Å²) in [5.41, 5.74) is 4.23. The Morgan fingerprint density at radius 2 is 1.61 bits per heavy atom. The molecule has 4 rings (SSSR count). The predicted octanol–water partition coefficient (Wildman–Crippen LogP) is 3.12. The number of hydrogen-bond donors (Lipinski definition) is 2. The van der Waals surface area contributed by atoms with Gasteiger partial charge in [-0.1, -0.05) is 66.7 Å². The first-order chi connectivity index (χ1) is 17.4. The lowest BCUT2D eigenvalue weighted by atomic mass is 10.1. The zero-order chi connectivity index (χ0) is 25.4. The molecule has 0 aromatic heterocycles. The Balaban J connectivity index is 1.18. The summed E-state index contributed by atoms with van der Waals surface area (Å²) in [6.45, 7) is 2.59. The van der Waals surface area contributed by atoms with Crippen molar-refractivity contribution >= 4 is 21.6 Å². The molecule has 0 bridgehead atoms. The van der Waals surface area contributed by atoms with Crippen molar-refractivity contribution in [1.29, 1.82) is 0 Å². The molecule has 0 saturated heterocycles. The molecule has 0 fully saturated rings. The fourth-order valence-corrected chi connectivity index (χ4v) is 5.13. The number of nitrogens with zero attached hydrogens (tertiary/aromatic N) is 2. The molecular weight excluding hydrogens is 472 g/mol. The van der Waals surface area contributed by atoms with E-state index in [1.807, 2.05) is 54.6 Å². The Labute approximate surface area is 213 Å². The third kappa shape index (κ3) is 6.80. The van der Waals surface area contributed by atoms with Gasteiger partial charge in [0.2, 0.25) is 5.91 Å². The van der Waals surface area contributed by atoms with E-state index in [0.29, 0.717) is 13.1 Å². The second-order valence-corrected chi connectivity index (χ2v) is 10.8. The summed E-state index contributed by atoms with van der Waals surface area (Å²) in [6.07, 6.45) is 0.993. The number of nitrogens with one attached hydrogen (secondary N) is 2. The fourth-order valence-electron chi connectivity index (χ4n) is 4.00. The number of hydrogen-bond acceptors (Lipinski definition) is 6. The maximum absolute atomic E-state index is 12.7. The highest BCUT2D eigenvalue weighted by Crippen LogP contribution is 2.21. The Morgan fingerprint density at radius 1 is 0.944 bits per heavy atom. The lowest BCUT2D eigenvalue weighted by Crippen LogP contribution is -2.32. The standard InChI is InChI=1S/C28H32N4O3S/c1-32(20-16-22-7-9-25(10-8-22)28-30-18-19-31-28)27(33)15-17-29-21-36(34,35)26-13-11-24(12-14-26)23-5-3-2-4-6-23/h2-14,29H,15-21H2,1H3,(H,30,31). The van der Waals surface area contributed by atoms with E-state index in [-0.39, 0.29) is 23.1 Å². The molecule has 1 aliphatic rings. The second-order valence-electron chi connectivity index (χ2n) is 8.82. The van der Waals surface area contributed by atoms with Gasteiger partial charge in [0.25, 0.3) is 0 Å². The van der Waals surface area contributed by atoms with E-state index >= 15 is 0 Å². The van der Waals surface area contributed by atoms with Crippen LogP contribution in [0.25, 0.3) is 11.1 Å². The van der Waals surface area contributed by atoms with Crippen LogP contribution in [0.15, 0.2) is 88.8 Å². The molecule has 1 amide bonds. The summed E-state index contributed by atoms with van der Waals surface area (Å²) in [5.74, 6) is 0.710. The third-order valence-corrected chi connectivity index (χ3v) is 7.77. The van der Waals surface area contributed by atoms with Crippen LogP contribution >= 0.6 is 0 Å². The quantitative estimate of drug-likeness (QED) is 0.392. The summed E-state index contributed by atoms with van der Waals surface area (Å²) in [7, 11) is -1.71. The summed E-state index contributed by atoms with van der Waals surface area (Å²) in [4.78, 5) is 18.8. The average Bonchev–Trinajstić information content (AvgIpc) is 3.46. The molecule has 0 unspecified atom stereocenters. The first-order valence-electron chi connectivity index (χ1n) is 12.1. The molecule has 0 spiro atoms. The van der Waals surface area contributed by atoms with Gasteiger partial charge in [0.05, 0.1) is 11.4 Å². The van der Waals surface area contributed by atoms with Crippen LogP contribution in [0.4, 0.5) is 0 Å². The highest BCUT2D eigenvalue weighted by Gasteiger charge is 2.15. The average molecular weight is 505 g/mol. The second kappa shape index (κ2) is 12.0. The van der Waals surface area contributed by atoms with Gasteiger partial charge in [-0.15, -0.1) is 0 Å². The van der Waals surface area contributed by atoms with Crippen molar-refractivity contribution in [3.63, 3.8) is 0 Å². The van der Waals surface area contributed by atoms with Crippen LogP contribution in [-0.4, -0.2) is 64.2 Å². The molecule has 36 heavy (non-hydrogen) atoms. The van der Waals surface area contributed by atoms with Crippen LogP contribution in [0.3, 0.4) is 0 Å². The number of rotatable bonds is 11. The number of carbonyl (C=O) groups is 1. The van der Waals surface area contributed by atoms with Crippen molar-refractivity contribution in [2.75, 3.05) is 39.1 Å². The number of aliphatic imine (C=N–C) groups is 1. The minimum atomic E-state index is -3.48. The lowest BCUT2D eigenvalue weighted by Gasteiger charge is -2.17. The maximum atomic E-state index is 12.7. The molecule has 1 heterocycles. The van der Waals surface area contributed by atoms with Crippen LogP contribution in [0.5, 0.6) is 0 Å². The van der Waals surface area contributed by atoms with Gasteiger partial charge in [0, 0.05) is 38.7 Å². The molecule has 8 heteroatoms. The van der Waals surface area contributed by atoms with E-state index in [9.17, 15) is 13.2 Å². The Hall–Kier alpha value is -3.49. The lowest BCUT2D eigenvalue weighted by molar-refractivity contribution is -0.129. The topological polar surface area (TPSA) is 90.9 Å². The molecule has 0 radical (unpaired) electrons. The largest absolute Gasteiger partial charge is 0.368 e. The molecule has 0 aliphatic carbocycles. The molecule has 2 N–H and O–H groups in total. The molecule has 7 nitrogen and oxygen atoms in total. The van der Waals surface area contributed by atoms with Gasteiger partial charge in [-0.05, 0) is 35.2 Å². The Bertz CT molecular complexity index is 1290. The minimum Gasteiger partial charge on any atom is -0.368 e. The highest BCUT2D eigenvalue weighted by molar-refractivity contribution is 7.91. The smallest absolute Gasteiger partial charge is 0.223 e. The first kappa shape index (κ1) is 25.6. The summed E-state index contributed by atoms with van der Waals surface area (Å²) >= 11 is 0. The number of carbonyl (C=O) groups excluding carboxylic acids is 1. The Kier molecular flexibility index (Phi) is 8.51. The maximum Gasteiger partial charge on any atom is 0.223 e. The monoisotopic (exact) mass is 504 g/mol. The predicted molar refractivity (Wildman–Crippen MR) is 144 cm³/mol. The highest BCUT2D eigenvalue weighted by atomic mass is 32.2.